The van der Waals surface area contributed by atoms with Crippen LogP contribution in [-0.4, -0.2) is 25.4 Å². The molecule has 0 saturated heterocycles. The summed E-state index contributed by atoms with van der Waals surface area (Å²) < 4.78 is 32.1. The number of ether oxygens (including phenoxy) is 1. The monoisotopic (exact) mass is 419 g/mol. The highest BCUT2D eigenvalue weighted by Crippen LogP contribution is 2.47. The Bertz CT molecular complexity index is 1230. The number of rotatable bonds is 4. The largest absolute Gasteiger partial charge is 0.464 e. The number of hydrogen-bond donors (Lipinski definition) is 1. The lowest BCUT2D eigenvalue weighted by Gasteiger charge is -2.38. The van der Waals surface area contributed by atoms with E-state index in [0.29, 0.717) is 12.1 Å². The Morgan fingerprint density at radius 1 is 1.00 bits per heavy atom. The van der Waals surface area contributed by atoms with Crippen molar-refractivity contribution in [3.8, 4) is 5.75 Å². The van der Waals surface area contributed by atoms with E-state index in [0.717, 1.165) is 34.4 Å². The molecule has 0 aromatic heterocycles. The zero-order valence-electron chi connectivity index (χ0n) is 16.4. The Balaban J connectivity index is 1.54. The van der Waals surface area contributed by atoms with Gasteiger partial charge in [-0.1, -0.05) is 60.7 Å². The van der Waals surface area contributed by atoms with E-state index in [9.17, 15) is 8.42 Å². The van der Waals surface area contributed by atoms with E-state index in [-0.39, 0.29) is 12.3 Å². The molecule has 5 rings (SSSR count). The van der Waals surface area contributed by atoms with E-state index in [1.807, 2.05) is 71.7 Å². The molecule has 0 amide bonds. The first-order valence-corrected chi connectivity index (χ1v) is 11.6. The molecule has 3 aromatic rings. The highest BCUT2D eigenvalue weighted by molar-refractivity contribution is 7.92. The summed E-state index contributed by atoms with van der Waals surface area (Å²) in [6.07, 6.45) is 1.54. The number of hydrogen-bond acceptors (Lipinski definition) is 5. The summed E-state index contributed by atoms with van der Waals surface area (Å²) in [5, 5.41) is 6.94. The number of nitrogens with zero attached hydrogens (tertiary/aromatic N) is 2. The SMILES string of the molecule is CS(=O)(=O)Nc1cccc(C2=NN3C(C2)c2ccccc2OC3c2ccccc2)c1. The zero-order valence-corrected chi connectivity index (χ0v) is 17.2. The Morgan fingerprint density at radius 3 is 2.57 bits per heavy atom. The second kappa shape index (κ2) is 7.18. The molecule has 7 heteroatoms. The lowest BCUT2D eigenvalue weighted by molar-refractivity contribution is -0.0190. The number of benzene rings is 3. The van der Waals surface area contributed by atoms with Crippen LogP contribution in [0.3, 0.4) is 0 Å². The lowest BCUT2D eigenvalue weighted by Crippen LogP contribution is -2.33. The summed E-state index contributed by atoms with van der Waals surface area (Å²) in [6.45, 7) is 0. The van der Waals surface area contributed by atoms with Crippen molar-refractivity contribution in [3.05, 3.63) is 95.6 Å². The number of anilines is 1. The molecule has 0 saturated carbocycles. The number of sulfonamides is 1. The highest BCUT2D eigenvalue weighted by atomic mass is 32.2. The smallest absolute Gasteiger partial charge is 0.229 e. The fourth-order valence-corrected chi connectivity index (χ4v) is 4.58. The van der Waals surface area contributed by atoms with E-state index in [1.54, 1.807) is 6.07 Å². The van der Waals surface area contributed by atoms with Crippen LogP contribution in [0.5, 0.6) is 5.75 Å². The molecule has 2 atom stereocenters. The van der Waals surface area contributed by atoms with Gasteiger partial charge in [0, 0.05) is 23.2 Å². The van der Waals surface area contributed by atoms with Crippen molar-refractivity contribution in [1.82, 2.24) is 5.01 Å². The third-order valence-corrected chi connectivity index (χ3v) is 5.89. The van der Waals surface area contributed by atoms with E-state index >= 15 is 0 Å². The van der Waals surface area contributed by atoms with Gasteiger partial charge in [-0.05, 0) is 23.8 Å². The Labute approximate surface area is 175 Å². The molecule has 2 heterocycles. The van der Waals surface area contributed by atoms with Gasteiger partial charge in [-0.15, -0.1) is 0 Å². The Kier molecular flexibility index (Phi) is 4.47. The van der Waals surface area contributed by atoms with Crippen LogP contribution < -0.4 is 9.46 Å². The summed E-state index contributed by atoms with van der Waals surface area (Å²) in [6, 6.07) is 25.5. The number of hydrazone groups is 1. The van der Waals surface area contributed by atoms with Crippen molar-refractivity contribution in [1.29, 1.82) is 0 Å². The summed E-state index contributed by atoms with van der Waals surface area (Å²) in [7, 11) is -3.34. The first kappa shape index (κ1) is 18.7. The van der Waals surface area contributed by atoms with Gasteiger partial charge in [0.25, 0.3) is 0 Å². The molecule has 0 radical (unpaired) electrons. The van der Waals surface area contributed by atoms with Gasteiger partial charge in [-0.25, -0.2) is 13.4 Å². The quantitative estimate of drug-likeness (QED) is 0.684. The Morgan fingerprint density at radius 2 is 1.77 bits per heavy atom. The minimum Gasteiger partial charge on any atom is -0.464 e. The molecule has 3 aromatic carbocycles. The molecular formula is C23H21N3O3S. The standard InChI is InChI=1S/C23H21N3O3S/c1-30(27,28)25-18-11-7-10-17(14-18)20-15-21-19-12-5-6-13-22(19)29-23(26(21)24-20)16-8-3-2-4-9-16/h2-14,21,23,25H,15H2,1H3. The maximum absolute atomic E-state index is 11.6. The number of para-hydroxylation sites is 1. The molecule has 152 valence electrons. The van der Waals surface area contributed by atoms with Crippen molar-refractivity contribution in [2.24, 2.45) is 5.10 Å². The third-order valence-electron chi connectivity index (χ3n) is 5.28. The van der Waals surface area contributed by atoms with E-state index in [4.69, 9.17) is 9.84 Å². The van der Waals surface area contributed by atoms with E-state index in [1.165, 1.54) is 0 Å². The molecule has 2 unspecified atom stereocenters. The van der Waals surface area contributed by atoms with Crippen LogP contribution in [0.2, 0.25) is 0 Å². The van der Waals surface area contributed by atoms with Gasteiger partial charge in [-0.2, -0.15) is 5.10 Å². The predicted molar refractivity (Wildman–Crippen MR) is 117 cm³/mol. The van der Waals surface area contributed by atoms with Crippen LogP contribution >= 0.6 is 0 Å². The number of fused-ring (bicyclic) bond motifs is 3. The molecule has 2 aliphatic heterocycles. The second-order valence-corrected chi connectivity index (χ2v) is 9.27. The summed E-state index contributed by atoms with van der Waals surface area (Å²) in [5.74, 6) is 0.872. The van der Waals surface area contributed by atoms with Crippen molar-refractivity contribution < 1.29 is 13.2 Å². The predicted octanol–water partition coefficient (Wildman–Crippen LogP) is 4.30. The molecule has 0 spiro atoms. The second-order valence-electron chi connectivity index (χ2n) is 7.52. The van der Waals surface area contributed by atoms with Crippen LogP contribution in [0, 0.1) is 0 Å². The third kappa shape index (κ3) is 3.52. The van der Waals surface area contributed by atoms with Crippen LogP contribution in [0.4, 0.5) is 5.69 Å². The van der Waals surface area contributed by atoms with Gasteiger partial charge in [0.05, 0.1) is 18.0 Å². The van der Waals surface area contributed by atoms with Gasteiger partial charge < -0.3 is 4.74 Å². The summed E-state index contributed by atoms with van der Waals surface area (Å²) in [4.78, 5) is 0. The van der Waals surface area contributed by atoms with Gasteiger partial charge in [0.2, 0.25) is 16.3 Å². The van der Waals surface area contributed by atoms with Gasteiger partial charge in [0.15, 0.2) is 0 Å². The molecule has 2 aliphatic rings. The average molecular weight is 420 g/mol. The normalized spacial score (nSPS) is 20.0. The van der Waals surface area contributed by atoms with E-state index < -0.39 is 10.0 Å². The fourth-order valence-electron chi connectivity index (χ4n) is 4.02. The minimum atomic E-state index is -3.34. The van der Waals surface area contributed by atoms with Crippen LogP contribution in [-0.2, 0) is 10.0 Å². The minimum absolute atomic E-state index is 0.0571. The molecule has 1 N–H and O–H groups in total. The molecule has 30 heavy (non-hydrogen) atoms. The zero-order chi connectivity index (χ0) is 20.7. The molecule has 0 aliphatic carbocycles. The molecule has 0 bridgehead atoms. The van der Waals surface area contributed by atoms with E-state index in [2.05, 4.69) is 10.8 Å². The van der Waals surface area contributed by atoms with Crippen molar-refractivity contribution in [3.63, 3.8) is 0 Å². The van der Waals surface area contributed by atoms with Crippen LogP contribution in [0.25, 0.3) is 0 Å². The van der Waals surface area contributed by atoms with Gasteiger partial charge in [0.1, 0.15) is 5.75 Å². The number of nitrogens with one attached hydrogen (secondary N) is 1. The van der Waals surface area contributed by atoms with Crippen molar-refractivity contribution >= 4 is 21.4 Å². The summed E-state index contributed by atoms with van der Waals surface area (Å²) in [5.41, 5.74) is 4.46. The van der Waals surface area contributed by atoms with Crippen molar-refractivity contribution in [2.45, 2.75) is 18.7 Å². The maximum atomic E-state index is 11.6. The first-order valence-electron chi connectivity index (χ1n) is 9.72. The lowest BCUT2D eigenvalue weighted by atomic mass is 9.96. The highest BCUT2D eigenvalue weighted by Gasteiger charge is 2.40. The van der Waals surface area contributed by atoms with Gasteiger partial charge in [-0.3, -0.25) is 4.72 Å². The molecule has 0 fully saturated rings. The van der Waals surface area contributed by atoms with Gasteiger partial charge >= 0.3 is 0 Å². The molecular weight excluding hydrogens is 398 g/mol. The Hall–Kier alpha value is -3.32. The topological polar surface area (TPSA) is 71.0 Å². The molecule has 6 nitrogen and oxygen atoms in total. The average Bonchev–Trinajstić information content (AvgIpc) is 3.19. The fraction of sp³-hybridized carbons (Fsp3) is 0.174. The van der Waals surface area contributed by atoms with Crippen LogP contribution in [0.1, 0.15) is 35.4 Å². The first-order chi connectivity index (χ1) is 14.5. The van der Waals surface area contributed by atoms with Crippen molar-refractivity contribution in [2.75, 3.05) is 11.0 Å². The van der Waals surface area contributed by atoms with Crippen LogP contribution in [0.15, 0.2) is 84.0 Å². The summed E-state index contributed by atoms with van der Waals surface area (Å²) >= 11 is 0. The maximum Gasteiger partial charge on any atom is 0.229 e.